The summed E-state index contributed by atoms with van der Waals surface area (Å²) in [7, 11) is 1.61. The van der Waals surface area contributed by atoms with E-state index in [2.05, 4.69) is 21.4 Å². The molecule has 0 saturated carbocycles. The van der Waals surface area contributed by atoms with Gasteiger partial charge in [0.15, 0.2) is 11.5 Å². The highest BCUT2D eigenvalue weighted by Gasteiger charge is 2.42. The van der Waals surface area contributed by atoms with E-state index >= 15 is 0 Å². The Kier molecular flexibility index (Phi) is 8.45. The summed E-state index contributed by atoms with van der Waals surface area (Å²) in [5.41, 5.74) is -0.481. The minimum absolute atomic E-state index is 0.140. The van der Waals surface area contributed by atoms with Crippen molar-refractivity contribution in [2.24, 2.45) is 0 Å². The quantitative estimate of drug-likeness (QED) is 0.419. The Morgan fingerprint density at radius 3 is 2.81 bits per heavy atom. The van der Waals surface area contributed by atoms with Crippen LogP contribution in [0.2, 0.25) is 0 Å². The number of halogens is 1. The minimum atomic E-state index is -1.47. The molecule has 0 aliphatic carbocycles. The maximum Gasteiger partial charge on any atom is 0.161 e. The van der Waals surface area contributed by atoms with Gasteiger partial charge in [0.1, 0.15) is 36.2 Å². The van der Waals surface area contributed by atoms with E-state index in [0.717, 1.165) is 17.8 Å². The summed E-state index contributed by atoms with van der Waals surface area (Å²) < 4.78 is 32.7. The Bertz CT molecular complexity index is 1140. The van der Waals surface area contributed by atoms with Crippen molar-refractivity contribution in [3.05, 3.63) is 72.1 Å². The molecule has 2 aromatic carbocycles. The normalized spacial score (nSPS) is 20.3. The van der Waals surface area contributed by atoms with Gasteiger partial charge < -0.3 is 29.0 Å². The van der Waals surface area contributed by atoms with Crippen LogP contribution in [0, 0.1) is 5.82 Å². The molecule has 2 N–H and O–H groups in total. The molecule has 8 nitrogen and oxygen atoms in total. The van der Waals surface area contributed by atoms with Crippen LogP contribution in [0.3, 0.4) is 0 Å². The van der Waals surface area contributed by atoms with Gasteiger partial charge in [-0.05, 0) is 36.2 Å². The fraction of sp³-hybridized carbons (Fsp3) is 0.444. The average Bonchev–Trinajstić information content (AvgIpc) is 3.33. The molecule has 1 aliphatic heterocycles. The second-order valence-electron chi connectivity index (χ2n) is 9.09. The molecular formula is C27H34FN3O5. The molecule has 4 rings (SSSR count). The van der Waals surface area contributed by atoms with Gasteiger partial charge in [0.25, 0.3) is 0 Å². The summed E-state index contributed by atoms with van der Waals surface area (Å²) >= 11 is 0. The summed E-state index contributed by atoms with van der Waals surface area (Å²) in [4.78, 5) is 6.40. The van der Waals surface area contributed by atoms with Gasteiger partial charge >= 0.3 is 0 Å². The summed E-state index contributed by atoms with van der Waals surface area (Å²) in [5, 5.41) is 21.6. The monoisotopic (exact) mass is 499 g/mol. The molecule has 0 unspecified atom stereocenters. The largest absolute Gasteiger partial charge is 0.493 e. The number of aliphatic hydroxyl groups is 2. The third kappa shape index (κ3) is 6.34. The SMILES string of the molecule is CCc1nccn1CCOc1cc(CN2CC[C@H](O)[C@@](O)(COc3cccc(F)c3)C2)ccc1OC. The van der Waals surface area contributed by atoms with Gasteiger partial charge in [-0.1, -0.05) is 19.1 Å². The van der Waals surface area contributed by atoms with Crippen LogP contribution < -0.4 is 14.2 Å². The van der Waals surface area contributed by atoms with Gasteiger partial charge in [0.05, 0.1) is 19.8 Å². The Morgan fingerprint density at radius 2 is 2.03 bits per heavy atom. The number of imidazole rings is 1. The predicted octanol–water partition coefficient (Wildman–Crippen LogP) is 3.05. The highest BCUT2D eigenvalue weighted by Crippen LogP contribution is 2.30. The Labute approximate surface area is 210 Å². The van der Waals surface area contributed by atoms with Gasteiger partial charge in [0, 0.05) is 44.5 Å². The number of ether oxygens (including phenoxy) is 3. The molecule has 1 aliphatic rings. The maximum atomic E-state index is 13.5. The van der Waals surface area contributed by atoms with E-state index in [1.165, 1.54) is 12.1 Å². The molecule has 0 radical (unpaired) electrons. The number of rotatable bonds is 11. The molecule has 0 bridgehead atoms. The zero-order valence-electron chi connectivity index (χ0n) is 20.8. The molecule has 2 heterocycles. The second-order valence-corrected chi connectivity index (χ2v) is 9.09. The smallest absolute Gasteiger partial charge is 0.161 e. The van der Waals surface area contributed by atoms with Crippen LogP contribution in [-0.2, 0) is 19.5 Å². The van der Waals surface area contributed by atoms with Crippen molar-refractivity contribution in [1.82, 2.24) is 14.5 Å². The molecular weight excluding hydrogens is 465 g/mol. The number of likely N-dealkylation sites (tertiary alicyclic amines) is 1. The minimum Gasteiger partial charge on any atom is -0.493 e. The molecule has 9 heteroatoms. The van der Waals surface area contributed by atoms with Crippen LogP contribution in [0.4, 0.5) is 4.39 Å². The van der Waals surface area contributed by atoms with Gasteiger partial charge in [-0.25, -0.2) is 9.37 Å². The fourth-order valence-corrected chi connectivity index (χ4v) is 4.49. The standard InChI is InChI=1S/C27H34FN3O5/c1-3-26-29-10-12-31(26)13-14-35-24-15-20(7-8-23(24)34-2)17-30-11-9-25(32)27(33,18-30)19-36-22-6-4-5-21(28)16-22/h4-8,10,12,15-16,25,32-33H,3,9,11,13-14,17-19H2,1-2H3/t25-,27-/m0/s1. The van der Waals surface area contributed by atoms with E-state index < -0.39 is 17.5 Å². The molecule has 0 spiro atoms. The number of aliphatic hydroxyl groups excluding tert-OH is 1. The van der Waals surface area contributed by atoms with Crippen molar-refractivity contribution >= 4 is 0 Å². The van der Waals surface area contributed by atoms with E-state index in [4.69, 9.17) is 14.2 Å². The molecule has 0 amide bonds. The first-order valence-electron chi connectivity index (χ1n) is 12.2. The number of benzene rings is 2. The first-order chi connectivity index (χ1) is 17.4. The van der Waals surface area contributed by atoms with Crippen LogP contribution in [-0.4, -0.2) is 69.8 Å². The molecule has 1 fully saturated rings. The number of aromatic nitrogens is 2. The molecule has 2 atom stereocenters. The number of hydrogen-bond acceptors (Lipinski definition) is 7. The van der Waals surface area contributed by atoms with Crippen molar-refractivity contribution in [1.29, 1.82) is 0 Å². The van der Waals surface area contributed by atoms with E-state index in [1.807, 2.05) is 24.4 Å². The van der Waals surface area contributed by atoms with Crippen LogP contribution in [0.15, 0.2) is 54.9 Å². The van der Waals surface area contributed by atoms with E-state index in [1.54, 1.807) is 25.4 Å². The van der Waals surface area contributed by atoms with Crippen LogP contribution >= 0.6 is 0 Å². The highest BCUT2D eigenvalue weighted by molar-refractivity contribution is 5.43. The van der Waals surface area contributed by atoms with Gasteiger partial charge in [-0.2, -0.15) is 0 Å². The van der Waals surface area contributed by atoms with E-state index in [-0.39, 0.29) is 13.2 Å². The topological polar surface area (TPSA) is 89.2 Å². The third-order valence-electron chi connectivity index (χ3n) is 6.46. The Hall–Kier alpha value is -3.14. The van der Waals surface area contributed by atoms with Crippen LogP contribution in [0.5, 0.6) is 17.2 Å². The number of aryl methyl sites for hydroxylation is 1. The van der Waals surface area contributed by atoms with Gasteiger partial charge in [-0.15, -0.1) is 0 Å². The van der Waals surface area contributed by atoms with Gasteiger partial charge in [0.2, 0.25) is 0 Å². The molecule has 1 aromatic heterocycles. The summed E-state index contributed by atoms with van der Waals surface area (Å²) in [6, 6.07) is 11.5. The maximum absolute atomic E-state index is 13.5. The third-order valence-corrected chi connectivity index (χ3v) is 6.46. The van der Waals surface area contributed by atoms with Crippen molar-refractivity contribution < 1.29 is 28.8 Å². The van der Waals surface area contributed by atoms with Crippen molar-refractivity contribution in [2.45, 2.75) is 44.6 Å². The number of methoxy groups -OCH3 is 1. The van der Waals surface area contributed by atoms with Crippen LogP contribution in [0.1, 0.15) is 24.7 Å². The zero-order chi connectivity index (χ0) is 25.5. The molecule has 36 heavy (non-hydrogen) atoms. The zero-order valence-corrected chi connectivity index (χ0v) is 20.8. The summed E-state index contributed by atoms with van der Waals surface area (Å²) in [5.74, 6) is 2.20. The molecule has 1 saturated heterocycles. The average molecular weight is 500 g/mol. The molecule has 3 aromatic rings. The van der Waals surface area contributed by atoms with Crippen molar-refractivity contribution in [3.8, 4) is 17.2 Å². The second kappa shape index (κ2) is 11.7. The highest BCUT2D eigenvalue weighted by atomic mass is 19.1. The lowest BCUT2D eigenvalue weighted by Gasteiger charge is -2.42. The number of piperidine rings is 1. The van der Waals surface area contributed by atoms with Crippen LogP contribution in [0.25, 0.3) is 0 Å². The Balaban J connectivity index is 1.38. The lowest BCUT2D eigenvalue weighted by atomic mass is 9.90. The Morgan fingerprint density at radius 1 is 1.17 bits per heavy atom. The summed E-state index contributed by atoms with van der Waals surface area (Å²) in [6.07, 6.45) is 4.05. The lowest BCUT2D eigenvalue weighted by molar-refractivity contribution is -0.140. The predicted molar refractivity (Wildman–Crippen MR) is 133 cm³/mol. The van der Waals surface area contributed by atoms with E-state index in [0.29, 0.717) is 49.9 Å². The van der Waals surface area contributed by atoms with Crippen molar-refractivity contribution in [2.75, 3.05) is 33.4 Å². The first kappa shape index (κ1) is 25.9. The number of β-amino-alcohol motifs (C(OH)–C–C–N with tert-alkyl or cyclic N) is 1. The number of nitrogens with zero attached hydrogens (tertiary/aromatic N) is 3. The van der Waals surface area contributed by atoms with E-state index in [9.17, 15) is 14.6 Å². The molecule has 194 valence electrons. The lowest BCUT2D eigenvalue weighted by Crippen LogP contribution is -2.59. The first-order valence-corrected chi connectivity index (χ1v) is 12.2. The van der Waals surface area contributed by atoms with Crippen molar-refractivity contribution in [3.63, 3.8) is 0 Å². The van der Waals surface area contributed by atoms with Gasteiger partial charge in [-0.3, -0.25) is 4.90 Å². The fourth-order valence-electron chi connectivity index (χ4n) is 4.49. The summed E-state index contributed by atoms with van der Waals surface area (Å²) in [6.45, 7) is 4.46. The number of hydrogen-bond donors (Lipinski definition) is 2.